The number of halogens is 1. The highest BCUT2D eigenvalue weighted by atomic mass is 19.1. The predicted octanol–water partition coefficient (Wildman–Crippen LogP) is 4.57. The summed E-state index contributed by atoms with van der Waals surface area (Å²) in [6, 6.07) is 15.3. The number of ether oxygens (including phenoxy) is 2. The van der Waals surface area contributed by atoms with E-state index >= 15 is 0 Å². The van der Waals surface area contributed by atoms with E-state index in [9.17, 15) is 24.1 Å². The molecule has 0 aromatic heterocycles. The zero-order valence-corrected chi connectivity index (χ0v) is 15.2. The van der Waals surface area contributed by atoms with Crippen LogP contribution in [0, 0.1) is 15.9 Å². The van der Waals surface area contributed by atoms with E-state index in [2.05, 4.69) is 0 Å². The van der Waals surface area contributed by atoms with Crippen LogP contribution in [0.2, 0.25) is 0 Å². The van der Waals surface area contributed by atoms with Gasteiger partial charge in [-0.1, -0.05) is 12.1 Å². The number of carbonyl (C=O) groups is 2. The Morgan fingerprint density at radius 1 is 1.07 bits per heavy atom. The summed E-state index contributed by atoms with van der Waals surface area (Å²) in [6.45, 7) is 0. The quantitative estimate of drug-likeness (QED) is 0.207. The third kappa shape index (κ3) is 3.66. The van der Waals surface area contributed by atoms with E-state index in [4.69, 9.17) is 9.47 Å². The molecule has 1 aliphatic rings. The van der Waals surface area contributed by atoms with Gasteiger partial charge in [-0.3, -0.25) is 14.9 Å². The van der Waals surface area contributed by atoms with E-state index in [-0.39, 0.29) is 39.9 Å². The lowest BCUT2D eigenvalue weighted by atomic mass is 10.1. The summed E-state index contributed by atoms with van der Waals surface area (Å²) < 4.78 is 24.5. The van der Waals surface area contributed by atoms with Crippen LogP contribution >= 0.6 is 0 Å². The SMILES string of the molecule is O=C(Oc1ccc2c(c1)O/C(=C\c1ccc([N+](=O)[O-])cc1)C2=O)c1ccccc1F. The number of nitro benzene ring substituents is 1. The van der Waals surface area contributed by atoms with Crippen LogP contribution in [0.15, 0.2) is 72.5 Å². The first-order valence-electron chi connectivity index (χ1n) is 8.72. The number of hydrogen-bond acceptors (Lipinski definition) is 6. The lowest BCUT2D eigenvalue weighted by molar-refractivity contribution is -0.384. The Balaban J connectivity index is 1.54. The van der Waals surface area contributed by atoms with Crippen molar-refractivity contribution in [1.82, 2.24) is 0 Å². The molecule has 0 amide bonds. The van der Waals surface area contributed by atoms with Crippen molar-refractivity contribution in [2.45, 2.75) is 0 Å². The van der Waals surface area contributed by atoms with E-state index in [0.717, 1.165) is 6.07 Å². The fraction of sp³-hybridized carbons (Fsp3) is 0. The lowest BCUT2D eigenvalue weighted by Gasteiger charge is -2.06. The maximum atomic E-state index is 13.7. The average Bonchev–Trinajstić information content (AvgIpc) is 3.03. The van der Waals surface area contributed by atoms with E-state index in [1.54, 1.807) is 0 Å². The second kappa shape index (κ2) is 7.59. The fourth-order valence-electron chi connectivity index (χ4n) is 2.86. The number of ketones is 1. The Morgan fingerprint density at radius 2 is 1.80 bits per heavy atom. The van der Waals surface area contributed by atoms with Crippen LogP contribution in [-0.2, 0) is 0 Å². The second-order valence-corrected chi connectivity index (χ2v) is 6.32. The zero-order chi connectivity index (χ0) is 21.3. The van der Waals surface area contributed by atoms with E-state index < -0.39 is 16.7 Å². The summed E-state index contributed by atoms with van der Waals surface area (Å²) in [7, 11) is 0. The third-order valence-corrected chi connectivity index (χ3v) is 4.35. The Bertz CT molecular complexity index is 1220. The van der Waals surface area contributed by atoms with Gasteiger partial charge in [-0.05, 0) is 48.0 Å². The van der Waals surface area contributed by atoms with Gasteiger partial charge in [-0.15, -0.1) is 0 Å². The molecular formula is C22H12FNO6. The number of carbonyl (C=O) groups excluding carboxylic acids is 2. The first-order valence-corrected chi connectivity index (χ1v) is 8.72. The van der Waals surface area contributed by atoms with Crippen molar-refractivity contribution in [1.29, 1.82) is 0 Å². The molecule has 8 heteroatoms. The summed E-state index contributed by atoms with van der Waals surface area (Å²) in [4.78, 5) is 34.9. The topological polar surface area (TPSA) is 95.7 Å². The molecular weight excluding hydrogens is 393 g/mol. The molecule has 7 nitrogen and oxygen atoms in total. The molecule has 0 N–H and O–H groups in total. The van der Waals surface area contributed by atoms with Gasteiger partial charge in [0.05, 0.1) is 16.1 Å². The van der Waals surface area contributed by atoms with Crippen molar-refractivity contribution in [3.8, 4) is 11.5 Å². The number of nitrogens with zero attached hydrogens (tertiary/aromatic N) is 1. The van der Waals surface area contributed by atoms with Crippen molar-refractivity contribution in [2.75, 3.05) is 0 Å². The molecule has 0 unspecified atom stereocenters. The number of fused-ring (bicyclic) bond motifs is 1. The minimum absolute atomic E-state index is 0.0245. The Morgan fingerprint density at radius 3 is 2.50 bits per heavy atom. The van der Waals surface area contributed by atoms with Crippen LogP contribution in [0.5, 0.6) is 11.5 Å². The van der Waals surface area contributed by atoms with Gasteiger partial charge in [0.25, 0.3) is 5.69 Å². The van der Waals surface area contributed by atoms with Crippen molar-refractivity contribution in [3.63, 3.8) is 0 Å². The minimum atomic E-state index is -0.876. The lowest BCUT2D eigenvalue weighted by Crippen LogP contribution is -2.10. The molecule has 0 fully saturated rings. The molecule has 30 heavy (non-hydrogen) atoms. The number of Topliss-reactive ketones (excluding diaryl/α,β-unsaturated/α-hetero) is 1. The predicted molar refractivity (Wildman–Crippen MR) is 104 cm³/mol. The van der Waals surface area contributed by atoms with Crippen LogP contribution in [0.25, 0.3) is 6.08 Å². The first-order chi connectivity index (χ1) is 14.4. The van der Waals surface area contributed by atoms with Crippen LogP contribution in [-0.4, -0.2) is 16.7 Å². The highest BCUT2D eigenvalue weighted by Crippen LogP contribution is 2.35. The van der Waals surface area contributed by atoms with Crippen molar-refractivity contribution in [3.05, 3.63) is 105 Å². The number of allylic oxidation sites excluding steroid dienone is 1. The highest BCUT2D eigenvalue weighted by molar-refractivity contribution is 6.14. The first kappa shape index (κ1) is 19.0. The van der Waals surface area contributed by atoms with Gasteiger partial charge in [0.1, 0.15) is 17.3 Å². The molecule has 3 aromatic rings. The highest BCUT2D eigenvalue weighted by Gasteiger charge is 2.28. The van der Waals surface area contributed by atoms with Crippen LogP contribution in [0.4, 0.5) is 10.1 Å². The summed E-state index contributed by atoms with van der Waals surface area (Å²) in [5, 5.41) is 10.7. The molecule has 1 heterocycles. The van der Waals surface area contributed by atoms with Crippen LogP contribution in [0.3, 0.4) is 0 Å². The molecule has 1 aliphatic heterocycles. The average molecular weight is 405 g/mol. The summed E-state index contributed by atoms with van der Waals surface area (Å²) in [6.07, 6.45) is 1.46. The summed E-state index contributed by atoms with van der Waals surface area (Å²) >= 11 is 0. The standard InChI is InChI=1S/C22H12FNO6/c23-18-4-2-1-3-16(18)22(26)29-15-9-10-17-19(12-15)30-20(21(17)25)11-13-5-7-14(8-6-13)24(27)28/h1-12H/b20-11-. The molecule has 0 atom stereocenters. The monoisotopic (exact) mass is 405 g/mol. The molecule has 0 saturated heterocycles. The number of hydrogen-bond donors (Lipinski definition) is 0. The smallest absolute Gasteiger partial charge is 0.346 e. The van der Waals surface area contributed by atoms with Gasteiger partial charge in [0, 0.05) is 18.2 Å². The zero-order valence-electron chi connectivity index (χ0n) is 15.2. The largest absolute Gasteiger partial charge is 0.452 e. The van der Waals surface area contributed by atoms with Crippen LogP contribution < -0.4 is 9.47 Å². The maximum absolute atomic E-state index is 13.7. The molecule has 0 aliphatic carbocycles. The van der Waals surface area contributed by atoms with Gasteiger partial charge in [-0.2, -0.15) is 0 Å². The van der Waals surface area contributed by atoms with Crippen molar-refractivity contribution >= 4 is 23.5 Å². The van der Waals surface area contributed by atoms with E-state index in [1.807, 2.05) is 0 Å². The molecule has 0 spiro atoms. The Hall–Kier alpha value is -4.33. The number of non-ortho nitro benzene ring substituents is 1. The Kier molecular flexibility index (Phi) is 4.81. The molecule has 0 bridgehead atoms. The maximum Gasteiger partial charge on any atom is 0.346 e. The molecule has 148 valence electrons. The molecule has 3 aromatic carbocycles. The van der Waals surface area contributed by atoms with Crippen molar-refractivity contribution < 1.29 is 28.4 Å². The third-order valence-electron chi connectivity index (χ3n) is 4.35. The molecule has 0 radical (unpaired) electrons. The van der Waals surface area contributed by atoms with Gasteiger partial charge >= 0.3 is 5.97 Å². The summed E-state index contributed by atoms with van der Waals surface area (Å²) in [5.41, 5.74) is 0.533. The van der Waals surface area contributed by atoms with Crippen LogP contribution in [0.1, 0.15) is 26.3 Å². The van der Waals surface area contributed by atoms with E-state index in [1.165, 1.54) is 66.7 Å². The fourth-order valence-corrected chi connectivity index (χ4v) is 2.86. The van der Waals surface area contributed by atoms with Gasteiger partial charge in [-0.25, -0.2) is 9.18 Å². The second-order valence-electron chi connectivity index (χ2n) is 6.32. The number of nitro groups is 1. The Labute approximate surface area is 169 Å². The summed E-state index contributed by atoms with van der Waals surface area (Å²) in [5.74, 6) is -1.66. The van der Waals surface area contributed by atoms with Gasteiger partial charge in [0.15, 0.2) is 5.76 Å². The van der Waals surface area contributed by atoms with Gasteiger partial charge in [0.2, 0.25) is 5.78 Å². The molecule has 4 rings (SSSR count). The number of esters is 1. The van der Waals surface area contributed by atoms with E-state index in [0.29, 0.717) is 5.56 Å². The van der Waals surface area contributed by atoms with Crippen molar-refractivity contribution in [2.24, 2.45) is 0 Å². The minimum Gasteiger partial charge on any atom is -0.452 e. The number of benzene rings is 3. The van der Waals surface area contributed by atoms with Gasteiger partial charge < -0.3 is 9.47 Å². The molecule has 0 saturated carbocycles. The normalized spacial score (nSPS) is 13.6. The number of rotatable bonds is 4.